The first kappa shape index (κ1) is 12.8. The number of phenols is 1. The van der Waals surface area contributed by atoms with Gasteiger partial charge in [-0.05, 0) is 42.5 Å². The highest BCUT2D eigenvalue weighted by Crippen LogP contribution is 2.22. The van der Waals surface area contributed by atoms with Crippen LogP contribution in [0.1, 0.15) is 10.4 Å². The highest BCUT2D eigenvalue weighted by Gasteiger charge is 2.11. The summed E-state index contributed by atoms with van der Waals surface area (Å²) in [5, 5.41) is 12.3. The van der Waals surface area contributed by atoms with E-state index >= 15 is 0 Å². The van der Waals surface area contributed by atoms with Crippen LogP contribution in [-0.4, -0.2) is 18.1 Å². The van der Waals surface area contributed by atoms with Crippen LogP contribution in [0.3, 0.4) is 0 Å². The number of rotatable bonds is 3. The number of nitrogens with two attached hydrogens (primary N) is 1. The zero-order valence-electron chi connectivity index (χ0n) is 10.4. The number of nitrogen functional groups attached to an aromatic ring is 1. The normalized spacial score (nSPS) is 9.95. The quantitative estimate of drug-likeness (QED) is 0.582. The Labute approximate surface area is 110 Å². The van der Waals surface area contributed by atoms with Crippen LogP contribution in [0, 0.1) is 0 Å². The number of carbonyl (C=O) groups is 1. The van der Waals surface area contributed by atoms with E-state index in [0.29, 0.717) is 17.1 Å². The van der Waals surface area contributed by atoms with E-state index in [2.05, 4.69) is 5.32 Å². The number of amides is 1. The van der Waals surface area contributed by atoms with Crippen LogP contribution in [0.15, 0.2) is 42.5 Å². The maximum absolute atomic E-state index is 12.0. The molecule has 0 saturated carbocycles. The molecule has 5 nitrogen and oxygen atoms in total. The van der Waals surface area contributed by atoms with Gasteiger partial charge in [0, 0.05) is 11.4 Å². The molecule has 2 aromatic carbocycles. The van der Waals surface area contributed by atoms with Crippen LogP contribution in [0.25, 0.3) is 0 Å². The number of benzene rings is 2. The number of methoxy groups -OCH3 is 1. The molecular weight excluding hydrogens is 244 g/mol. The summed E-state index contributed by atoms with van der Waals surface area (Å²) in [7, 11) is 1.57. The summed E-state index contributed by atoms with van der Waals surface area (Å²) in [6, 6.07) is 11.2. The van der Waals surface area contributed by atoms with Gasteiger partial charge in [-0.3, -0.25) is 4.79 Å². The summed E-state index contributed by atoms with van der Waals surface area (Å²) < 4.78 is 5.02. The molecule has 0 aromatic heterocycles. The van der Waals surface area contributed by atoms with Crippen molar-refractivity contribution < 1.29 is 14.6 Å². The number of aromatic hydroxyl groups is 1. The molecule has 0 bridgehead atoms. The fraction of sp³-hybridized carbons (Fsp3) is 0.0714. The van der Waals surface area contributed by atoms with Crippen molar-refractivity contribution in [1.29, 1.82) is 0 Å². The molecule has 0 saturated heterocycles. The fourth-order valence-corrected chi connectivity index (χ4v) is 1.61. The monoisotopic (exact) mass is 258 g/mol. The smallest absolute Gasteiger partial charge is 0.259 e. The van der Waals surface area contributed by atoms with Gasteiger partial charge < -0.3 is 20.9 Å². The summed E-state index contributed by atoms with van der Waals surface area (Å²) in [6.45, 7) is 0. The molecule has 4 N–H and O–H groups in total. The van der Waals surface area contributed by atoms with Gasteiger partial charge in [0.1, 0.15) is 11.5 Å². The number of anilines is 2. The van der Waals surface area contributed by atoms with Gasteiger partial charge >= 0.3 is 0 Å². The first-order valence-corrected chi connectivity index (χ1v) is 5.64. The lowest BCUT2D eigenvalue weighted by Crippen LogP contribution is -2.12. The van der Waals surface area contributed by atoms with Gasteiger partial charge in [-0.25, -0.2) is 0 Å². The lowest BCUT2D eigenvalue weighted by Gasteiger charge is -2.08. The second-order valence-electron chi connectivity index (χ2n) is 3.96. The third kappa shape index (κ3) is 2.95. The average molecular weight is 258 g/mol. The number of nitrogens with one attached hydrogen (secondary N) is 1. The minimum Gasteiger partial charge on any atom is -0.507 e. The van der Waals surface area contributed by atoms with Crippen molar-refractivity contribution in [2.75, 3.05) is 18.2 Å². The molecule has 0 spiro atoms. The summed E-state index contributed by atoms with van der Waals surface area (Å²) in [4.78, 5) is 12.0. The van der Waals surface area contributed by atoms with Crippen LogP contribution >= 0.6 is 0 Å². The van der Waals surface area contributed by atoms with E-state index in [0.717, 1.165) is 0 Å². The van der Waals surface area contributed by atoms with Gasteiger partial charge in [0.2, 0.25) is 0 Å². The van der Waals surface area contributed by atoms with Crippen LogP contribution in [0.4, 0.5) is 11.4 Å². The molecule has 0 heterocycles. The topological polar surface area (TPSA) is 84.6 Å². The van der Waals surface area contributed by atoms with E-state index < -0.39 is 5.91 Å². The molecule has 98 valence electrons. The predicted octanol–water partition coefficient (Wildman–Crippen LogP) is 2.24. The van der Waals surface area contributed by atoms with Gasteiger partial charge in [0.15, 0.2) is 0 Å². The largest absolute Gasteiger partial charge is 0.507 e. The van der Waals surface area contributed by atoms with Gasteiger partial charge in [-0.1, -0.05) is 0 Å². The maximum Gasteiger partial charge on any atom is 0.259 e. The van der Waals surface area contributed by atoms with Crippen molar-refractivity contribution in [3.8, 4) is 11.5 Å². The van der Waals surface area contributed by atoms with Crippen LogP contribution in [0.2, 0.25) is 0 Å². The van der Waals surface area contributed by atoms with Crippen molar-refractivity contribution in [1.82, 2.24) is 0 Å². The van der Waals surface area contributed by atoms with Crippen molar-refractivity contribution in [2.24, 2.45) is 0 Å². The summed E-state index contributed by atoms with van der Waals surface area (Å²) >= 11 is 0. The fourth-order valence-electron chi connectivity index (χ4n) is 1.61. The van der Waals surface area contributed by atoms with Crippen molar-refractivity contribution in [2.45, 2.75) is 0 Å². The standard InChI is InChI=1S/C14H14N2O3/c1-19-11-5-3-10(4-6-11)16-14(18)12-8-9(15)2-7-13(12)17/h2-8,17H,15H2,1H3,(H,16,18). The third-order valence-corrected chi connectivity index (χ3v) is 2.61. The zero-order chi connectivity index (χ0) is 13.8. The van der Waals surface area contributed by atoms with E-state index in [4.69, 9.17) is 10.5 Å². The molecule has 5 heteroatoms. The Kier molecular flexibility index (Phi) is 3.56. The minimum absolute atomic E-state index is 0.111. The van der Waals surface area contributed by atoms with Crippen molar-refractivity contribution in [3.05, 3.63) is 48.0 Å². The lowest BCUT2D eigenvalue weighted by molar-refractivity contribution is 0.102. The summed E-state index contributed by atoms with van der Waals surface area (Å²) in [5.41, 5.74) is 6.74. The highest BCUT2D eigenvalue weighted by atomic mass is 16.5. The Morgan fingerprint density at radius 2 is 1.89 bits per heavy atom. The average Bonchev–Trinajstić information content (AvgIpc) is 2.42. The molecule has 0 radical (unpaired) electrons. The second-order valence-corrected chi connectivity index (χ2v) is 3.96. The Morgan fingerprint density at radius 1 is 1.21 bits per heavy atom. The third-order valence-electron chi connectivity index (χ3n) is 2.61. The van der Waals surface area contributed by atoms with Crippen LogP contribution < -0.4 is 15.8 Å². The van der Waals surface area contributed by atoms with Gasteiger partial charge in [-0.2, -0.15) is 0 Å². The van der Waals surface area contributed by atoms with Gasteiger partial charge in [0.05, 0.1) is 12.7 Å². The molecule has 1 amide bonds. The molecule has 0 unspecified atom stereocenters. The Morgan fingerprint density at radius 3 is 2.53 bits per heavy atom. The zero-order valence-corrected chi connectivity index (χ0v) is 10.4. The SMILES string of the molecule is COc1ccc(NC(=O)c2cc(N)ccc2O)cc1. The molecule has 0 fully saturated rings. The molecular formula is C14H14N2O3. The van der Waals surface area contributed by atoms with Crippen LogP contribution in [-0.2, 0) is 0 Å². The highest BCUT2D eigenvalue weighted by molar-refractivity contribution is 6.06. The first-order chi connectivity index (χ1) is 9.10. The molecule has 19 heavy (non-hydrogen) atoms. The Bertz CT molecular complexity index is 594. The molecule has 0 aliphatic heterocycles. The molecule has 0 aliphatic rings. The van der Waals surface area contributed by atoms with Gasteiger partial charge in [0.25, 0.3) is 5.91 Å². The summed E-state index contributed by atoms with van der Waals surface area (Å²) in [6.07, 6.45) is 0. The van der Waals surface area contributed by atoms with E-state index in [1.807, 2.05) is 0 Å². The van der Waals surface area contributed by atoms with Crippen molar-refractivity contribution >= 4 is 17.3 Å². The van der Waals surface area contributed by atoms with Crippen LogP contribution in [0.5, 0.6) is 11.5 Å². The van der Waals surface area contributed by atoms with Crippen molar-refractivity contribution in [3.63, 3.8) is 0 Å². The van der Waals surface area contributed by atoms with E-state index in [1.165, 1.54) is 18.2 Å². The Balaban J connectivity index is 2.18. The number of carbonyl (C=O) groups excluding carboxylic acids is 1. The van der Waals surface area contributed by atoms with E-state index in [-0.39, 0.29) is 11.3 Å². The first-order valence-electron chi connectivity index (χ1n) is 5.64. The summed E-state index contributed by atoms with van der Waals surface area (Å²) in [5.74, 6) is 0.167. The number of hydrogen-bond donors (Lipinski definition) is 3. The molecule has 2 aromatic rings. The predicted molar refractivity (Wildman–Crippen MR) is 73.5 cm³/mol. The van der Waals surface area contributed by atoms with E-state index in [9.17, 15) is 9.90 Å². The maximum atomic E-state index is 12.0. The second kappa shape index (κ2) is 5.30. The number of hydrogen-bond acceptors (Lipinski definition) is 4. The molecule has 2 rings (SSSR count). The molecule has 0 aliphatic carbocycles. The lowest BCUT2D eigenvalue weighted by atomic mass is 10.1. The molecule has 0 atom stereocenters. The number of ether oxygens (including phenoxy) is 1. The number of phenolic OH excluding ortho intramolecular Hbond substituents is 1. The minimum atomic E-state index is -0.421. The Hall–Kier alpha value is -2.69. The van der Waals surface area contributed by atoms with E-state index in [1.54, 1.807) is 31.4 Å². The van der Waals surface area contributed by atoms with Gasteiger partial charge in [-0.15, -0.1) is 0 Å².